The van der Waals surface area contributed by atoms with Crippen LogP contribution in [0.1, 0.15) is 18.3 Å². The summed E-state index contributed by atoms with van der Waals surface area (Å²) in [5.74, 6) is 0.0922. The van der Waals surface area contributed by atoms with Crippen molar-refractivity contribution in [3.05, 3.63) is 35.7 Å². The number of rotatable bonds is 6. The summed E-state index contributed by atoms with van der Waals surface area (Å²) < 4.78 is 0. The molecule has 21 heavy (non-hydrogen) atoms. The van der Waals surface area contributed by atoms with Gasteiger partial charge in [-0.25, -0.2) is 4.98 Å². The van der Waals surface area contributed by atoms with Gasteiger partial charge in [0.2, 0.25) is 5.95 Å². The SMILES string of the molecule is CCc1nc(Nc2ccc(C)cc2)nc(SCC(=O)O)n1. The van der Waals surface area contributed by atoms with Crippen molar-refractivity contribution < 1.29 is 9.90 Å². The molecular formula is C14H16N4O2S. The third-order valence-corrected chi connectivity index (χ3v) is 3.44. The fourth-order valence-corrected chi connectivity index (χ4v) is 2.14. The molecule has 2 N–H and O–H groups in total. The van der Waals surface area contributed by atoms with E-state index in [9.17, 15) is 4.79 Å². The van der Waals surface area contributed by atoms with Gasteiger partial charge in [-0.1, -0.05) is 36.4 Å². The maximum atomic E-state index is 10.6. The second kappa shape index (κ2) is 7.03. The molecule has 2 aromatic rings. The van der Waals surface area contributed by atoms with E-state index >= 15 is 0 Å². The Morgan fingerprint density at radius 2 is 1.95 bits per heavy atom. The van der Waals surface area contributed by atoms with Gasteiger partial charge in [0.25, 0.3) is 0 Å². The molecule has 1 aromatic heterocycles. The molecule has 0 spiro atoms. The molecule has 0 atom stereocenters. The van der Waals surface area contributed by atoms with E-state index in [2.05, 4.69) is 20.3 Å². The molecule has 1 aromatic carbocycles. The largest absolute Gasteiger partial charge is 0.481 e. The van der Waals surface area contributed by atoms with E-state index in [4.69, 9.17) is 5.11 Å². The van der Waals surface area contributed by atoms with Crippen molar-refractivity contribution in [1.82, 2.24) is 15.0 Å². The number of hydrogen-bond acceptors (Lipinski definition) is 6. The van der Waals surface area contributed by atoms with Crippen LogP contribution in [-0.2, 0) is 11.2 Å². The van der Waals surface area contributed by atoms with E-state index in [1.807, 2.05) is 38.1 Å². The topological polar surface area (TPSA) is 88.0 Å². The lowest BCUT2D eigenvalue weighted by Crippen LogP contribution is -2.06. The number of aryl methyl sites for hydroxylation is 2. The van der Waals surface area contributed by atoms with Crippen molar-refractivity contribution >= 4 is 29.4 Å². The number of carboxylic acids is 1. The number of hydrogen-bond donors (Lipinski definition) is 2. The predicted molar refractivity (Wildman–Crippen MR) is 82.0 cm³/mol. The van der Waals surface area contributed by atoms with Crippen LogP contribution in [0.2, 0.25) is 0 Å². The molecule has 6 nitrogen and oxygen atoms in total. The monoisotopic (exact) mass is 304 g/mol. The highest BCUT2D eigenvalue weighted by Gasteiger charge is 2.08. The van der Waals surface area contributed by atoms with E-state index in [-0.39, 0.29) is 5.75 Å². The van der Waals surface area contributed by atoms with Crippen molar-refractivity contribution in [1.29, 1.82) is 0 Å². The molecule has 0 aliphatic carbocycles. The number of aromatic nitrogens is 3. The number of anilines is 2. The number of nitrogens with zero attached hydrogens (tertiary/aromatic N) is 3. The Hall–Kier alpha value is -2.15. The van der Waals surface area contributed by atoms with Crippen LogP contribution in [-0.4, -0.2) is 31.8 Å². The minimum absolute atomic E-state index is 0.0723. The van der Waals surface area contributed by atoms with E-state index in [1.165, 1.54) is 5.56 Å². The summed E-state index contributed by atoms with van der Waals surface area (Å²) in [6, 6.07) is 7.86. The van der Waals surface area contributed by atoms with Crippen molar-refractivity contribution in [3.8, 4) is 0 Å². The predicted octanol–water partition coefficient (Wildman–Crippen LogP) is 2.66. The third kappa shape index (κ3) is 4.71. The zero-order chi connectivity index (χ0) is 15.2. The summed E-state index contributed by atoms with van der Waals surface area (Å²) in [4.78, 5) is 23.4. The molecule has 0 saturated carbocycles. The van der Waals surface area contributed by atoms with Crippen LogP contribution in [0.5, 0.6) is 0 Å². The van der Waals surface area contributed by atoms with Crippen LogP contribution in [0.4, 0.5) is 11.6 Å². The molecule has 0 bridgehead atoms. The highest BCUT2D eigenvalue weighted by Crippen LogP contribution is 2.18. The van der Waals surface area contributed by atoms with Crippen LogP contribution >= 0.6 is 11.8 Å². The van der Waals surface area contributed by atoms with E-state index < -0.39 is 5.97 Å². The van der Waals surface area contributed by atoms with Crippen molar-refractivity contribution in [3.63, 3.8) is 0 Å². The average Bonchev–Trinajstić information content (AvgIpc) is 2.47. The molecule has 0 amide bonds. The molecule has 0 fully saturated rings. The smallest absolute Gasteiger partial charge is 0.313 e. The molecule has 110 valence electrons. The quantitative estimate of drug-likeness (QED) is 0.793. The summed E-state index contributed by atoms with van der Waals surface area (Å²) in [6.07, 6.45) is 0.658. The highest BCUT2D eigenvalue weighted by molar-refractivity contribution is 7.99. The Kier molecular flexibility index (Phi) is 5.10. The van der Waals surface area contributed by atoms with Crippen LogP contribution in [0.25, 0.3) is 0 Å². The second-order valence-electron chi connectivity index (χ2n) is 4.38. The van der Waals surface area contributed by atoms with Gasteiger partial charge in [0.1, 0.15) is 5.82 Å². The van der Waals surface area contributed by atoms with Gasteiger partial charge in [-0.3, -0.25) is 4.79 Å². The molecule has 7 heteroatoms. The van der Waals surface area contributed by atoms with Gasteiger partial charge in [-0.05, 0) is 19.1 Å². The van der Waals surface area contributed by atoms with Crippen molar-refractivity contribution in [2.75, 3.05) is 11.1 Å². The van der Waals surface area contributed by atoms with Gasteiger partial charge in [0.15, 0.2) is 5.16 Å². The first-order valence-electron chi connectivity index (χ1n) is 6.50. The number of aliphatic carboxylic acids is 1. The molecule has 0 aliphatic heterocycles. The number of thioether (sulfide) groups is 1. The standard InChI is InChI=1S/C14H16N4O2S/c1-3-11-16-13(15-10-6-4-9(2)5-7-10)18-14(17-11)21-8-12(19)20/h4-7H,3,8H2,1-2H3,(H,19,20)(H,15,16,17,18). The fourth-order valence-electron chi connectivity index (χ4n) is 1.57. The maximum Gasteiger partial charge on any atom is 0.313 e. The van der Waals surface area contributed by atoms with Crippen LogP contribution < -0.4 is 5.32 Å². The Bertz CT molecular complexity index is 631. The molecule has 2 rings (SSSR count). The Labute approximate surface area is 127 Å². The summed E-state index contributed by atoms with van der Waals surface area (Å²) in [7, 11) is 0. The first-order chi connectivity index (χ1) is 10.1. The van der Waals surface area contributed by atoms with Gasteiger partial charge < -0.3 is 10.4 Å². The summed E-state index contributed by atoms with van der Waals surface area (Å²) in [6.45, 7) is 3.96. The molecule has 0 saturated heterocycles. The average molecular weight is 304 g/mol. The summed E-state index contributed by atoms with van der Waals surface area (Å²) >= 11 is 1.08. The maximum absolute atomic E-state index is 10.6. The number of carbonyl (C=O) groups is 1. The molecule has 1 heterocycles. The number of nitrogens with one attached hydrogen (secondary N) is 1. The van der Waals surface area contributed by atoms with Crippen molar-refractivity contribution in [2.45, 2.75) is 25.4 Å². The Morgan fingerprint density at radius 3 is 2.57 bits per heavy atom. The molecule has 0 aliphatic rings. The van der Waals surface area contributed by atoms with Crippen LogP contribution in [0.15, 0.2) is 29.4 Å². The first kappa shape index (κ1) is 15.2. The third-order valence-electron chi connectivity index (χ3n) is 2.61. The lowest BCUT2D eigenvalue weighted by atomic mass is 10.2. The zero-order valence-corrected chi connectivity index (χ0v) is 12.6. The summed E-state index contributed by atoms with van der Waals surface area (Å²) in [5.41, 5.74) is 2.05. The molecule has 0 unspecified atom stereocenters. The van der Waals surface area contributed by atoms with E-state index in [0.717, 1.165) is 17.4 Å². The normalized spacial score (nSPS) is 10.4. The Morgan fingerprint density at radius 1 is 1.24 bits per heavy atom. The van der Waals surface area contributed by atoms with Crippen LogP contribution in [0, 0.1) is 6.92 Å². The van der Waals surface area contributed by atoms with Crippen molar-refractivity contribution in [2.24, 2.45) is 0 Å². The zero-order valence-electron chi connectivity index (χ0n) is 11.8. The van der Waals surface area contributed by atoms with E-state index in [0.29, 0.717) is 23.4 Å². The minimum atomic E-state index is -0.897. The fraction of sp³-hybridized carbons (Fsp3) is 0.286. The lowest BCUT2D eigenvalue weighted by Gasteiger charge is -2.08. The van der Waals surface area contributed by atoms with E-state index in [1.54, 1.807) is 0 Å². The number of benzene rings is 1. The van der Waals surface area contributed by atoms with Gasteiger partial charge in [0.05, 0.1) is 5.75 Å². The molecule has 0 radical (unpaired) electrons. The van der Waals surface area contributed by atoms with Gasteiger partial charge in [0, 0.05) is 12.1 Å². The van der Waals surface area contributed by atoms with Crippen LogP contribution in [0.3, 0.4) is 0 Å². The molecular weight excluding hydrogens is 288 g/mol. The first-order valence-corrected chi connectivity index (χ1v) is 7.48. The summed E-state index contributed by atoms with van der Waals surface area (Å²) in [5, 5.41) is 12.3. The highest BCUT2D eigenvalue weighted by atomic mass is 32.2. The lowest BCUT2D eigenvalue weighted by molar-refractivity contribution is -0.133. The Balaban J connectivity index is 2.19. The van der Waals surface area contributed by atoms with Gasteiger partial charge in [-0.15, -0.1) is 0 Å². The van der Waals surface area contributed by atoms with Gasteiger partial charge >= 0.3 is 5.97 Å². The number of carboxylic acid groups (broad SMARTS) is 1. The second-order valence-corrected chi connectivity index (χ2v) is 5.33. The van der Waals surface area contributed by atoms with Gasteiger partial charge in [-0.2, -0.15) is 9.97 Å². The minimum Gasteiger partial charge on any atom is -0.481 e.